The van der Waals surface area contributed by atoms with E-state index in [-0.39, 0.29) is 5.25 Å². The second-order valence-corrected chi connectivity index (χ2v) is 4.71. The maximum Gasteiger partial charge on any atom is 0.0449 e. The van der Waals surface area contributed by atoms with Gasteiger partial charge in [0.15, 0.2) is 0 Å². The Hall–Kier alpha value is -0.210. The molecule has 0 saturated heterocycles. The molecular weight excluding hydrogens is 244 g/mol. The lowest BCUT2D eigenvalue weighted by atomic mass is 10.1. The number of hydrogen-bond donors (Lipinski definition) is 1. The van der Waals surface area contributed by atoms with Gasteiger partial charge >= 0.3 is 0 Å². The number of halogens is 1. The summed E-state index contributed by atoms with van der Waals surface area (Å²) >= 11 is 7.91. The molecule has 1 unspecified atom stereocenters. The molecule has 0 aliphatic heterocycles. The average molecular weight is 257 g/mol. The third kappa shape index (κ3) is 3.57. The van der Waals surface area contributed by atoms with Crippen LogP contribution in [0.1, 0.15) is 24.7 Å². The minimum absolute atomic E-state index is 0.207. The normalized spacial score (nSPS) is 12.3. The molecule has 70 valence electrons. The van der Waals surface area contributed by atoms with E-state index in [1.165, 1.54) is 11.1 Å². The molecule has 1 aromatic carbocycles. The highest BCUT2D eigenvalue weighted by atomic mass is 79.9. The molecular formula is C11H13BrS. The minimum atomic E-state index is 0.207. The van der Waals surface area contributed by atoms with Gasteiger partial charge in [-0.3, -0.25) is 0 Å². The second kappa shape index (κ2) is 4.87. The quantitative estimate of drug-likeness (QED) is 0.589. The predicted octanol–water partition coefficient (Wildman–Crippen LogP) is 4.39. The molecule has 0 aromatic heterocycles. The van der Waals surface area contributed by atoms with E-state index in [0.717, 1.165) is 4.47 Å². The van der Waals surface area contributed by atoms with Crippen LogP contribution < -0.4 is 0 Å². The summed E-state index contributed by atoms with van der Waals surface area (Å²) in [6, 6.07) is 8.25. The van der Waals surface area contributed by atoms with Crippen molar-refractivity contribution in [2.24, 2.45) is 0 Å². The van der Waals surface area contributed by atoms with Gasteiger partial charge in [-0.15, -0.1) is 0 Å². The molecule has 1 aromatic rings. The molecule has 1 atom stereocenters. The van der Waals surface area contributed by atoms with Gasteiger partial charge < -0.3 is 0 Å². The summed E-state index contributed by atoms with van der Waals surface area (Å²) in [5.41, 5.74) is 2.52. The molecule has 0 fully saturated rings. The van der Waals surface area contributed by atoms with Gasteiger partial charge in [0.25, 0.3) is 0 Å². The zero-order valence-corrected chi connectivity index (χ0v) is 10.3. The highest BCUT2D eigenvalue weighted by molar-refractivity contribution is 9.10. The number of hydrogen-bond acceptors (Lipinski definition) is 1. The van der Waals surface area contributed by atoms with E-state index in [2.05, 4.69) is 60.6 Å². The molecule has 0 aliphatic carbocycles. The van der Waals surface area contributed by atoms with Crippen molar-refractivity contribution in [1.82, 2.24) is 0 Å². The Bertz CT molecular complexity index is 296. The van der Waals surface area contributed by atoms with E-state index in [1.54, 1.807) is 0 Å². The fourth-order valence-electron chi connectivity index (χ4n) is 1.07. The van der Waals surface area contributed by atoms with Crippen LogP contribution in [0.2, 0.25) is 0 Å². The highest BCUT2D eigenvalue weighted by Gasteiger charge is 2.01. The molecule has 13 heavy (non-hydrogen) atoms. The average Bonchev–Trinajstić information content (AvgIpc) is 2.04. The summed E-state index contributed by atoms with van der Waals surface area (Å²) < 4.78 is 1.11. The van der Waals surface area contributed by atoms with Gasteiger partial charge in [0.1, 0.15) is 0 Å². The van der Waals surface area contributed by atoms with Crippen molar-refractivity contribution >= 4 is 28.6 Å². The monoisotopic (exact) mass is 256 g/mol. The van der Waals surface area contributed by atoms with Crippen molar-refractivity contribution in [2.75, 3.05) is 0 Å². The maximum absolute atomic E-state index is 4.50. The zero-order chi connectivity index (χ0) is 9.84. The van der Waals surface area contributed by atoms with Gasteiger partial charge in [-0.25, -0.2) is 0 Å². The first-order valence-electron chi connectivity index (χ1n) is 4.18. The molecule has 0 bridgehead atoms. The summed E-state index contributed by atoms with van der Waals surface area (Å²) in [5.74, 6) is 0. The minimum Gasteiger partial charge on any atom is -0.167 e. The third-order valence-corrected chi connectivity index (χ3v) is 2.68. The van der Waals surface area contributed by atoms with Crippen LogP contribution in [0.25, 0.3) is 0 Å². The van der Waals surface area contributed by atoms with Crippen molar-refractivity contribution in [3.63, 3.8) is 0 Å². The topological polar surface area (TPSA) is 0 Å². The van der Waals surface area contributed by atoms with Crippen molar-refractivity contribution in [3.05, 3.63) is 46.0 Å². The van der Waals surface area contributed by atoms with E-state index in [4.69, 9.17) is 0 Å². The van der Waals surface area contributed by atoms with Gasteiger partial charge in [-0.1, -0.05) is 39.7 Å². The summed E-state index contributed by atoms with van der Waals surface area (Å²) in [5, 5.41) is 0.207. The summed E-state index contributed by atoms with van der Waals surface area (Å²) in [7, 11) is 0. The van der Waals surface area contributed by atoms with Gasteiger partial charge in [0.2, 0.25) is 0 Å². The van der Waals surface area contributed by atoms with Crippen molar-refractivity contribution in [2.45, 2.75) is 19.1 Å². The number of allylic oxidation sites excluding steroid dienone is 1. The molecule has 0 nitrogen and oxygen atoms in total. The smallest absolute Gasteiger partial charge is 0.0449 e. The summed E-state index contributed by atoms with van der Waals surface area (Å²) in [4.78, 5) is 0. The van der Waals surface area contributed by atoms with E-state index in [0.29, 0.717) is 0 Å². The Balaban J connectivity index is 2.83. The summed E-state index contributed by atoms with van der Waals surface area (Å²) in [6.45, 7) is 4.17. The third-order valence-electron chi connectivity index (χ3n) is 1.70. The fraction of sp³-hybridized carbons (Fsp3) is 0.273. The largest absolute Gasteiger partial charge is 0.167 e. The lowest BCUT2D eigenvalue weighted by Crippen LogP contribution is -1.86. The Labute approximate surface area is 93.6 Å². The van der Waals surface area contributed by atoms with Crippen LogP contribution in [-0.2, 0) is 0 Å². The SMILES string of the molecule is CC(C)=CC(S)c1ccc(Br)cc1. The van der Waals surface area contributed by atoms with Crippen molar-refractivity contribution in [1.29, 1.82) is 0 Å². The van der Waals surface area contributed by atoms with Gasteiger partial charge in [0.05, 0.1) is 0 Å². The molecule has 0 N–H and O–H groups in total. The number of benzene rings is 1. The van der Waals surface area contributed by atoms with Gasteiger partial charge in [0, 0.05) is 9.72 Å². The maximum atomic E-state index is 4.50. The molecule has 0 heterocycles. The molecule has 2 heteroatoms. The lowest BCUT2D eigenvalue weighted by Gasteiger charge is -2.06. The van der Waals surface area contributed by atoms with Crippen LogP contribution in [0.3, 0.4) is 0 Å². The first-order chi connectivity index (χ1) is 6.09. The van der Waals surface area contributed by atoms with E-state index >= 15 is 0 Å². The van der Waals surface area contributed by atoms with Crippen LogP contribution in [0, 0.1) is 0 Å². The van der Waals surface area contributed by atoms with Crippen LogP contribution >= 0.6 is 28.6 Å². The second-order valence-electron chi connectivity index (χ2n) is 3.24. The Morgan fingerprint density at radius 1 is 1.31 bits per heavy atom. The number of thiol groups is 1. The predicted molar refractivity (Wildman–Crippen MR) is 65.3 cm³/mol. The van der Waals surface area contributed by atoms with Gasteiger partial charge in [-0.2, -0.15) is 12.6 Å². The number of rotatable bonds is 2. The van der Waals surface area contributed by atoms with E-state index < -0.39 is 0 Å². The summed E-state index contributed by atoms with van der Waals surface area (Å²) in [6.07, 6.45) is 2.15. The Morgan fingerprint density at radius 3 is 2.31 bits per heavy atom. The molecule has 0 radical (unpaired) electrons. The molecule has 0 saturated carbocycles. The van der Waals surface area contributed by atoms with Crippen LogP contribution in [0.15, 0.2) is 40.4 Å². The standard InChI is InChI=1S/C11H13BrS/c1-8(2)7-11(13)9-3-5-10(12)6-4-9/h3-7,11,13H,1-2H3. The molecule has 0 spiro atoms. The molecule has 1 rings (SSSR count). The highest BCUT2D eigenvalue weighted by Crippen LogP contribution is 2.24. The van der Waals surface area contributed by atoms with Crippen LogP contribution in [0.4, 0.5) is 0 Å². The first kappa shape index (κ1) is 10.9. The zero-order valence-electron chi connectivity index (χ0n) is 7.79. The van der Waals surface area contributed by atoms with Crippen molar-refractivity contribution in [3.8, 4) is 0 Å². The molecule has 0 aliphatic rings. The van der Waals surface area contributed by atoms with Crippen LogP contribution in [0.5, 0.6) is 0 Å². The van der Waals surface area contributed by atoms with Gasteiger partial charge in [-0.05, 0) is 31.5 Å². The Morgan fingerprint density at radius 2 is 1.85 bits per heavy atom. The van der Waals surface area contributed by atoms with E-state index in [1.807, 2.05) is 12.1 Å². The van der Waals surface area contributed by atoms with Crippen LogP contribution in [-0.4, -0.2) is 0 Å². The Kier molecular flexibility index (Phi) is 4.07. The van der Waals surface area contributed by atoms with Crippen molar-refractivity contribution < 1.29 is 0 Å². The van der Waals surface area contributed by atoms with E-state index in [9.17, 15) is 0 Å². The lowest BCUT2D eigenvalue weighted by molar-refractivity contribution is 1.19. The molecule has 0 amide bonds. The fourth-order valence-corrected chi connectivity index (χ4v) is 1.81. The first-order valence-corrected chi connectivity index (χ1v) is 5.49.